The summed E-state index contributed by atoms with van der Waals surface area (Å²) in [4.78, 5) is 14.0. The van der Waals surface area contributed by atoms with Crippen molar-refractivity contribution in [1.29, 1.82) is 0 Å². The number of morpholine rings is 1. The van der Waals surface area contributed by atoms with Crippen LogP contribution in [0.5, 0.6) is 0 Å². The second kappa shape index (κ2) is 6.84. The van der Waals surface area contributed by atoms with E-state index in [2.05, 4.69) is 0 Å². The van der Waals surface area contributed by atoms with Gasteiger partial charge in [0, 0.05) is 6.54 Å². The van der Waals surface area contributed by atoms with Crippen LogP contribution in [0.25, 0.3) is 0 Å². The first kappa shape index (κ1) is 17.7. The average Bonchev–Trinajstić information content (AvgIpc) is 2.43. The third-order valence-corrected chi connectivity index (χ3v) is 3.66. The fourth-order valence-corrected chi connectivity index (χ4v) is 2.65. The SMILES string of the molecule is Cc1cc(F)cc(C(N)C2COCCN2C(=O)OC(C)(C)C)c1. The minimum absolute atomic E-state index is 0.302. The number of nitrogens with zero attached hydrogens (tertiary/aromatic N) is 1. The third-order valence-electron chi connectivity index (χ3n) is 3.66. The molecule has 128 valence electrons. The number of rotatable bonds is 2. The number of nitrogens with two attached hydrogens (primary N) is 1. The van der Waals surface area contributed by atoms with Gasteiger partial charge in [0.05, 0.1) is 25.3 Å². The van der Waals surface area contributed by atoms with Gasteiger partial charge in [0.2, 0.25) is 0 Å². The van der Waals surface area contributed by atoms with Crippen LogP contribution in [0, 0.1) is 12.7 Å². The van der Waals surface area contributed by atoms with E-state index in [0.29, 0.717) is 25.3 Å². The van der Waals surface area contributed by atoms with Crippen molar-refractivity contribution in [3.63, 3.8) is 0 Å². The first-order valence-electron chi connectivity index (χ1n) is 7.77. The molecule has 0 spiro atoms. The second-order valence-electron chi connectivity index (χ2n) is 6.90. The third kappa shape index (κ3) is 4.65. The van der Waals surface area contributed by atoms with E-state index in [0.717, 1.165) is 5.56 Å². The number of aryl methyl sites for hydroxylation is 1. The highest BCUT2D eigenvalue weighted by Gasteiger charge is 2.35. The Morgan fingerprint density at radius 1 is 1.43 bits per heavy atom. The molecule has 0 bridgehead atoms. The number of hydrogen-bond acceptors (Lipinski definition) is 4. The zero-order valence-corrected chi connectivity index (χ0v) is 14.1. The molecule has 0 saturated carbocycles. The molecule has 1 aliphatic heterocycles. The number of amides is 1. The van der Waals surface area contributed by atoms with Gasteiger partial charge in [-0.15, -0.1) is 0 Å². The quantitative estimate of drug-likeness (QED) is 0.908. The predicted molar refractivity (Wildman–Crippen MR) is 85.6 cm³/mol. The molecule has 2 N–H and O–H groups in total. The Kier molecular flexibility index (Phi) is 5.26. The monoisotopic (exact) mass is 324 g/mol. The molecule has 1 aromatic rings. The maximum atomic E-state index is 13.6. The average molecular weight is 324 g/mol. The smallest absolute Gasteiger partial charge is 0.410 e. The van der Waals surface area contributed by atoms with E-state index in [-0.39, 0.29) is 11.9 Å². The van der Waals surface area contributed by atoms with E-state index < -0.39 is 17.7 Å². The Morgan fingerprint density at radius 2 is 2.13 bits per heavy atom. The standard InChI is InChI=1S/C17H25FN2O3/c1-11-7-12(9-13(18)8-11)15(19)14-10-22-6-5-20(14)16(21)23-17(2,3)4/h7-9,14-15H,5-6,10,19H2,1-4H3. The number of carbonyl (C=O) groups excluding carboxylic acids is 1. The number of halogens is 1. The lowest BCUT2D eigenvalue weighted by Crippen LogP contribution is -2.54. The molecule has 2 rings (SSSR count). The molecule has 1 fully saturated rings. The van der Waals surface area contributed by atoms with Crippen molar-refractivity contribution in [1.82, 2.24) is 4.90 Å². The fourth-order valence-electron chi connectivity index (χ4n) is 2.65. The summed E-state index contributed by atoms with van der Waals surface area (Å²) in [6, 6.07) is 3.74. The van der Waals surface area contributed by atoms with E-state index in [9.17, 15) is 9.18 Å². The van der Waals surface area contributed by atoms with E-state index in [4.69, 9.17) is 15.2 Å². The van der Waals surface area contributed by atoms with Crippen LogP contribution in [0.1, 0.15) is 37.9 Å². The van der Waals surface area contributed by atoms with Gasteiger partial charge in [-0.2, -0.15) is 0 Å². The number of carbonyl (C=O) groups is 1. The van der Waals surface area contributed by atoms with Gasteiger partial charge in [-0.1, -0.05) is 6.07 Å². The number of benzene rings is 1. The van der Waals surface area contributed by atoms with Gasteiger partial charge in [-0.3, -0.25) is 4.90 Å². The molecule has 1 amide bonds. The Hall–Kier alpha value is -1.66. The van der Waals surface area contributed by atoms with Crippen LogP contribution >= 0.6 is 0 Å². The van der Waals surface area contributed by atoms with Crippen LogP contribution in [-0.4, -0.2) is 42.4 Å². The molecule has 1 aliphatic rings. The highest BCUT2D eigenvalue weighted by molar-refractivity contribution is 5.69. The van der Waals surface area contributed by atoms with Gasteiger partial charge in [-0.05, 0) is 51.0 Å². The highest BCUT2D eigenvalue weighted by atomic mass is 19.1. The maximum Gasteiger partial charge on any atom is 0.410 e. The maximum absolute atomic E-state index is 13.6. The largest absolute Gasteiger partial charge is 0.444 e. The lowest BCUT2D eigenvalue weighted by molar-refractivity contribution is -0.0382. The summed E-state index contributed by atoms with van der Waals surface area (Å²) in [5.41, 5.74) is 7.15. The number of hydrogen-bond donors (Lipinski definition) is 1. The van der Waals surface area contributed by atoms with Gasteiger partial charge in [0.25, 0.3) is 0 Å². The second-order valence-corrected chi connectivity index (χ2v) is 6.90. The van der Waals surface area contributed by atoms with Crippen molar-refractivity contribution in [3.8, 4) is 0 Å². The topological polar surface area (TPSA) is 64.8 Å². The van der Waals surface area contributed by atoms with Gasteiger partial charge < -0.3 is 15.2 Å². The van der Waals surface area contributed by atoms with Gasteiger partial charge in [0.1, 0.15) is 11.4 Å². The Morgan fingerprint density at radius 3 is 2.74 bits per heavy atom. The predicted octanol–water partition coefficient (Wildman–Crippen LogP) is 2.77. The van der Waals surface area contributed by atoms with Gasteiger partial charge in [0.15, 0.2) is 0 Å². The summed E-state index contributed by atoms with van der Waals surface area (Å²) in [6.07, 6.45) is -0.422. The van der Waals surface area contributed by atoms with Gasteiger partial charge >= 0.3 is 6.09 Å². The van der Waals surface area contributed by atoms with Crippen LogP contribution in [0.4, 0.5) is 9.18 Å². The summed E-state index contributed by atoms with van der Waals surface area (Å²) < 4.78 is 24.6. The molecule has 2 atom stereocenters. The lowest BCUT2D eigenvalue weighted by Gasteiger charge is -2.39. The first-order chi connectivity index (χ1) is 10.7. The van der Waals surface area contributed by atoms with Crippen LogP contribution in [0.3, 0.4) is 0 Å². The molecule has 0 aliphatic carbocycles. The summed E-state index contributed by atoms with van der Waals surface area (Å²) >= 11 is 0. The van der Waals surface area contributed by atoms with Crippen LogP contribution in [-0.2, 0) is 9.47 Å². The van der Waals surface area contributed by atoms with E-state index in [1.165, 1.54) is 12.1 Å². The summed E-state index contributed by atoms with van der Waals surface area (Å²) in [5.74, 6) is -0.337. The molecule has 1 saturated heterocycles. The normalized spacial score (nSPS) is 20.3. The Labute approximate surface area is 136 Å². The van der Waals surface area contributed by atoms with Crippen molar-refractivity contribution in [2.24, 2.45) is 5.73 Å². The Balaban J connectivity index is 2.21. The zero-order valence-electron chi connectivity index (χ0n) is 14.1. The van der Waals surface area contributed by atoms with E-state index >= 15 is 0 Å². The molecular formula is C17H25FN2O3. The molecule has 1 heterocycles. The van der Waals surface area contributed by atoms with Crippen LogP contribution < -0.4 is 5.73 Å². The lowest BCUT2D eigenvalue weighted by atomic mass is 9.97. The number of ether oxygens (including phenoxy) is 2. The minimum Gasteiger partial charge on any atom is -0.444 e. The molecule has 1 aromatic carbocycles. The molecule has 0 aromatic heterocycles. The van der Waals surface area contributed by atoms with E-state index in [1.54, 1.807) is 4.90 Å². The van der Waals surface area contributed by atoms with E-state index in [1.807, 2.05) is 33.8 Å². The van der Waals surface area contributed by atoms with Crippen molar-refractivity contribution in [2.45, 2.75) is 45.4 Å². The first-order valence-corrected chi connectivity index (χ1v) is 7.77. The van der Waals surface area contributed by atoms with Crippen molar-refractivity contribution in [2.75, 3.05) is 19.8 Å². The molecule has 23 heavy (non-hydrogen) atoms. The van der Waals surface area contributed by atoms with Crippen LogP contribution in [0.15, 0.2) is 18.2 Å². The van der Waals surface area contributed by atoms with Crippen molar-refractivity contribution in [3.05, 3.63) is 35.1 Å². The molecular weight excluding hydrogens is 299 g/mol. The zero-order chi connectivity index (χ0) is 17.2. The summed E-state index contributed by atoms with van der Waals surface area (Å²) in [5, 5.41) is 0. The van der Waals surface area contributed by atoms with Gasteiger partial charge in [-0.25, -0.2) is 9.18 Å². The fraction of sp³-hybridized carbons (Fsp3) is 0.588. The Bertz CT molecular complexity index is 551. The molecule has 6 heteroatoms. The summed E-state index contributed by atoms with van der Waals surface area (Å²) in [7, 11) is 0. The van der Waals surface area contributed by atoms with Crippen molar-refractivity contribution < 1.29 is 18.7 Å². The molecule has 0 radical (unpaired) electrons. The summed E-state index contributed by atoms with van der Waals surface area (Å²) in [6.45, 7) is 8.40. The molecule has 5 nitrogen and oxygen atoms in total. The van der Waals surface area contributed by atoms with Crippen LogP contribution in [0.2, 0.25) is 0 Å². The van der Waals surface area contributed by atoms with Crippen molar-refractivity contribution >= 4 is 6.09 Å². The molecule has 2 unspecified atom stereocenters. The highest BCUT2D eigenvalue weighted by Crippen LogP contribution is 2.25. The minimum atomic E-state index is -0.584.